The molecule has 4 aliphatic carbocycles. The lowest BCUT2D eigenvalue weighted by molar-refractivity contribution is -0.137. The molecule has 0 aromatic heterocycles. The maximum absolute atomic E-state index is 11.0. The van der Waals surface area contributed by atoms with Crippen molar-refractivity contribution in [2.75, 3.05) is 0 Å². The Labute approximate surface area is 164 Å². The minimum Gasteiger partial charge on any atom is -0.481 e. The van der Waals surface area contributed by atoms with Crippen molar-refractivity contribution in [2.45, 2.75) is 90.6 Å². The third-order valence-electron chi connectivity index (χ3n) is 9.25. The van der Waals surface area contributed by atoms with E-state index in [1.165, 1.54) is 44.9 Å². The summed E-state index contributed by atoms with van der Waals surface area (Å²) < 4.78 is 0. The Balaban J connectivity index is 1.50. The third-order valence-corrected chi connectivity index (χ3v) is 9.25. The van der Waals surface area contributed by atoms with Gasteiger partial charge in [0.2, 0.25) is 0 Å². The van der Waals surface area contributed by atoms with Crippen molar-refractivity contribution < 1.29 is 15.0 Å². The van der Waals surface area contributed by atoms with Crippen molar-refractivity contribution in [3.63, 3.8) is 0 Å². The van der Waals surface area contributed by atoms with Crippen LogP contribution in [-0.2, 0) is 4.79 Å². The summed E-state index contributed by atoms with van der Waals surface area (Å²) in [4.78, 5) is 11.0. The molecule has 4 rings (SSSR count). The molecule has 3 saturated carbocycles. The minimum atomic E-state index is -0.644. The summed E-state index contributed by atoms with van der Waals surface area (Å²) in [5.74, 6) is 4.00. The fourth-order valence-corrected chi connectivity index (χ4v) is 7.75. The van der Waals surface area contributed by atoms with Gasteiger partial charge >= 0.3 is 5.97 Å². The highest BCUT2D eigenvalue weighted by Gasteiger charge is 2.51. The van der Waals surface area contributed by atoms with Crippen molar-refractivity contribution in [3.8, 4) is 0 Å². The third kappa shape index (κ3) is 3.61. The van der Waals surface area contributed by atoms with Gasteiger partial charge in [-0.15, -0.1) is 0 Å². The number of rotatable bonds is 4. The molecule has 27 heavy (non-hydrogen) atoms. The molecule has 2 bridgehead atoms. The highest BCUT2D eigenvalue weighted by molar-refractivity contribution is 5.66. The molecule has 3 nitrogen and oxygen atoms in total. The van der Waals surface area contributed by atoms with Crippen molar-refractivity contribution >= 4 is 5.97 Å². The van der Waals surface area contributed by atoms with Gasteiger partial charge in [0, 0.05) is 6.42 Å². The van der Waals surface area contributed by atoms with E-state index in [1.54, 1.807) is 5.57 Å². The van der Waals surface area contributed by atoms with Crippen LogP contribution in [0.5, 0.6) is 0 Å². The molecule has 0 aromatic rings. The molecule has 0 aromatic carbocycles. The van der Waals surface area contributed by atoms with Crippen LogP contribution in [0.25, 0.3) is 0 Å². The monoisotopic (exact) mass is 374 g/mol. The second kappa shape index (κ2) is 7.54. The quantitative estimate of drug-likeness (QED) is 0.645. The molecule has 3 unspecified atom stereocenters. The first-order valence-corrected chi connectivity index (χ1v) is 11.5. The van der Waals surface area contributed by atoms with Gasteiger partial charge in [0.15, 0.2) is 0 Å². The predicted octanol–water partition coefficient (Wildman–Crippen LogP) is 5.43. The number of hydrogen-bond acceptors (Lipinski definition) is 2. The number of allylic oxidation sites excluding steroid dienone is 1. The highest BCUT2D eigenvalue weighted by Crippen LogP contribution is 2.61. The minimum absolute atomic E-state index is 0.214. The maximum atomic E-state index is 11.0. The normalized spacial score (nSPS) is 45.1. The first kappa shape index (κ1) is 19.5. The first-order chi connectivity index (χ1) is 12.9. The summed E-state index contributed by atoms with van der Waals surface area (Å²) in [5, 5.41) is 19.2. The zero-order valence-electron chi connectivity index (χ0n) is 17.2. The van der Waals surface area contributed by atoms with Gasteiger partial charge in [-0.05, 0) is 105 Å². The van der Waals surface area contributed by atoms with Crippen molar-refractivity contribution in [1.82, 2.24) is 0 Å². The number of carbonyl (C=O) groups is 1. The van der Waals surface area contributed by atoms with Crippen molar-refractivity contribution in [2.24, 2.45) is 40.9 Å². The molecule has 0 amide bonds. The molecular formula is C24H38O3. The maximum Gasteiger partial charge on any atom is 0.303 e. The first-order valence-electron chi connectivity index (χ1n) is 11.5. The van der Waals surface area contributed by atoms with Gasteiger partial charge in [-0.2, -0.15) is 0 Å². The fourth-order valence-electron chi connectivity index (χ4n) is 7.75. The summed E-state index contributed by atoms with van der Waals surface area (Å²) in [6.07, 6.45) is 14.5. The molecule has 0 aliphatic heterocycles. The van der Waals surface area contributed by atoms with Crippen LogP contribution in [0.4, 0.5) is 0 Å². The van der Waals surface area contributed by atoms with Crippen molar-refractivity contribution in [3.05, 3.63) is 11.6 Å². The Morgan fingerprint density at radius 1 is 1.19 bits per heavy atom. The molecule has 2 N–H and O–H groups in total. The second-order valence-corrected chi connectivity index (χ2v) is 10.5. The molecule has 0 saturated heterocycles. The average Bonchev–Trinajstić information content (AvgIpc) is 2.78. The smallest absolute Gasteiger partial charge is 0.303 e. The van der Waals surface area contributed by atoms with E-state index >= 15 is 0 Å². The summed E-state index contributed by atoms with van der Waals surface area (Å²) in [7, 11) is 0. The molecular weight excluding hydrogens is 336 g/mol. The Hall–Kier alpha value is -0.830. The van der Waals surface area contributed by atoms with Gasteiger partial charge in [-0.3, -0.25) is 4.79 Å². The molecule has 152 valence electrons. The van der Waals surface area contributed by atoms with E-state index in [2.05, 4.69) is 19.9 Å². The van der Waals surface area contributed by atoms with Gasteiger partial charge in [0.05, 0.1) is 6.10 Å². The van der Waals surface area contributed by atoms with E-state index in [1.807, 2.05) is 0 Å². The van der Waals surface area contributed by atoms with Crippen LogP contribution in [0.2, 0.25) is 0 Å². The lowest BCUT2D eigenvalue weighted by atomic mass is 9.53. The SMILES string of the molecule is C[C@H](CCC(=O)O)[C@H]1CC[C@@H]2C[C@H]1CCC1C2CCC2=CC(O)CC[C@@]21C. The number of aliphatic carboxylic acids is 1. The number of carboxylic acids is 1. The van der Waals surface area contributed by atoms with Crippen molar-refractivity contribution in [1.29, 1.82) is 0 Å². The lowest BCUT2D eigenvalue weighted by Crippen LogP contribution is -2.43. The summed E-state index contributed by atoms with van der Waals surface area (Å²) in [6, 6.07) is 0. The number of hydrogen-bond donors (Lipinski definition) is 2. The molecule has 0 heterocycles. The summed E-state index contributed by atoms with van der Waals surface area (Å²) in [5.41, 5.74) is 1.88. The average molecular weight is 375 g/mol. The standard InChI is InChI=1S/C24H38O3/c1-15(3-10-23(26)27)20-7-4-17-13-16(20)5-9-22-21(17)8-6-18-14-19(25)11-12-24(18,22)2/h14-17,19-22,25H,3-13H2,1-2H3,(H,26,27)/t15-,16-,17-,19?,20-,21?,22?,24+/m1/s1. The van der Waals surface area contributed by atoms with Gasteiger partial charge in [-0.25, -0.2) is 0 Å². The van der Waals surface area contributed by atoms with E-state index in [4.69, 9.17) is 5.11 Å². The fraction of sp³-hybridized carbons (Fsp3) is 0.875. The van der Waals surface area contributed by atoms with Crippen LogP contribution in [0.15, 0.2) is 11.6 Å². The van der Waals surface area contributed by atoms with E-state index in [0.29, 0.717) is 17.8 Å². The van der Waals surface area contributed by atoms with E-state index in [-0.39, 0.29) is 6.10 Å². The largest absolute Gasteiger partial charge is 0.481 e. The molecule has 4 aliphatic rings. The second-order valence-electron chi connectivity index (χ2n) is 10.5. The Morgan fingerprint density at radius 3 is 2.74 bits per heavy atom. The van der Waals surface area contributed by atoms with Gasteiger partial charge in [0.1, 0.15) is 0 Å². The number of carboxylic acid groups (broad SMARTS) is 1. The predicted molar refractivity (Wildman–Crippen MR) is 107 cm³/mol. The zero-order chi connectivity index (χ0) is 19.2. The molecule has 3 fully saturated rings. The Morgan fingerprint density at radius 2 is 1.96 bits per heavy atom. The Bertz CT molecular complexity index is 596. The number of fused-ring (bicyclic) bond motifs is 6. The number of aliphatic hydroxyl groups excluding tert-OH is 1. The van der Waals surface area contributed by atoms with Gasteiger partial charge in [-0.1, -0.05) is 25.5 Å². The van der Waals surface area contributed by atoms with Crippen LogP contribution in [0.1, 0.15) is 84.5 Å². The van der Waals surface area contributed by atoms with Crippen LogP contribution in [-0.4, -0.2) is 22.3 Å². The molecule has 0 spiro atoms. The van der Waals surface area contributed by atoms with Gasteiger partial charge in [0.25, 0.3) is 0 Å². The lowest BCUT2D eigenvalue weighted by Gasteiger charge is -2.52. The molecule has 8 atom stereocenters. The van der Waals surface area contributed by atoms with E-state index < -0.39 is 5.97 Å². The topological polar surface area (TPSA) is 57.5 Å². The summed E-state index contributed by atoms with van der Waals surface area (Å²) in [6.45, 7) is 4.81. The van der Waals surface area contributed by atoms with E-state index in [0.717, 1.165) is 48.9 Å². The van der Waals surface area contributed by atoms with Crippen LogP contribution < -0.4 is 0 Å². The van der Waals surface area contributed by atoms with E-state index in [9.17, 15) is 9.90 Å². The van der Waals surface area contributed by atoms with Gasteiger partial charge < -0.3 is 10.2 Å². The van der Waals surface area contributed by atoms with Crippen LogP contribution in [0.3, 0.4) is 0 Å². The van der Waals surface area contributed by atoms with Crippen LogP contribution in [0, 0.1) is 40.9 Å². The van der Waals surface area contributed by atoms with Crippen LogP contribution >= 0.6 is 0 Å². The number of aliphatic hydroxyl groups is 1. The Kier molecular flexibility index (Phi) is 5.44. The molecule has 0 radical (unpaired) electrons. The summed E-state index contributed by atoms with van der Waals surface area (Å²) >= 11 is 0. The molecule has 3 heteroatoms. The zero-order valence-corrected chi connectivity index (χ0v) is 17.2. The highest BCUT2D eigenvalue weighted by atomic mass is 16.4.